The minimum Gasteiger partial charge on any atom is -0.473 e. The second-order valence-electron chi connectivity index (χ2n) is 6.33. The van der Waals surface area contributed by atoms with Crippen LogP contribution >= 0.6 is 0 Å². The highest BCUT2D eigenvalue weighted by atomic mass is 19.1. The molecule has 0 aliphatic carbocycles. The molecule has 0 spiro atoms. The third-order valence-electron chi connectivity index (χ3n) is 4.34. The lowest BCUT2D eigenvalue weighted by Gasteiger charge is -2.22. The summed E-state index contributed by atoms with van der Waals surface area (Å²) in [5.41, 5.74) is 1.00. The van der Waals surface area contributed by atoms with Gasteiger partial charge in [0.15, 0.2) is 11.5 Å². The van der Waals surface area contributed by atoms with Gasteiger partial charge >= 0.3 is 0 Å². The van der Waals surface area contributed by atoms with Crippen LogP contribution in [-0.2, 0) is 16.5 Å². The van der Waals surface area contributed by atoms with E-state index in [-0.39, 0.29) is 11.8 Å². The Bertz CT molecular complexity index is 1000. The fraction of sp³-hybridized carbons (Fsp3) is 0.316. The first-order valence-electron chi connectivity index (χ1n) is 8.82. The number of amides is 1. The van der Waals surface area contributed by atoms with Crippen molar-refractivity contribution in [3.63, 3.8) is 0 Å². The highest BCUT2D eigenvalue weighted by molar-refractivity contribution is 6.04. The molecule has 1 aliphatic rings. The van der Waals surface area contributed by atoms with E-state index in [1.807, 2.05) is 0 Å². The lowest BCUT2D eigenvalue weighted by molar-refractivity contribution is -0.101. The summed E-state index contributed by atoms with van der Waals surface area (Å²) >= 11 is 0. The van der Waals surface area contributed by atoms with Crippen molar-refractivity contribution >= 4 is 22.5 Å². The summed E-state index contributed by atoms with van der Waals surface area (Å²) in [7, 11) is 1.78. The van der Waals surface area contributed by atoms with Gasteiger partial charge in [-0.2, -0.15) is 0 Å². The largest absolute Gasteiger partial charge is 0.473 e. The highest BCUT2D eigenvalue weighted by Crippen LogP contribution is 2.27. The molecule has 0 unspecified atom stereocenters. The number of nitrogens with zero attached hydrogens (tertiary/aromatic N) is 3. The van der Waals surface area contributed by atoms with Crippen LogP contribution in [0.3, 0.4) is 0 Å². The first kappa shape index (κ1) is 18.3. The van der Waals surface area contributed by atoms with E-state index in [1.165, 1.54) is 18.3 Å². The van der Waals surface area contributed by atoms with Crippen LogP contribution in [0.2, 0.25) is 0 Å². The number of fused-ring (bicyclic) bond motifs is 1. The molecule has 8 nitrogen and oxygen atoms in total. The minimum atomic E-state index is -0.675. The van der Waals surface area contributed by atoms with Crippen molar-refractivity contribution < 1.29 is 23.4 Å². The number of anilines is 1. The molecule has 1 amide bonds. The topological polar surface area (TPSA) is 87.5 Å². The number of halogens is 1. The average molecular weight is 386 g/mol. The summed E-state index contributed by atoms with van der Waals surface area (Å²) in [6, 6.07) is 7.86. The van der Waals surface area contributed by atoms with Gasteiger partial charge in [-0.05, 0) is 30.3 Å². The number of carbonyl (C=O) groups excluding carboxylic acids is 1. The van der Waals surface area contributed by atoms with Crippen LogP contribution in [0.1, 0.15) is 10.5 Å². The number of aromatic nitrogens is 3. The second kappa shape index (κ2) is 7.91. The standard InChI is InChI=1S/C19H19FN4O4/c1-24-16-9-12(22-18(25)17-15(20)3-2-6-21-17)4-5-14(16)19(23-24)28-11-13-10-26-7-8-27-13/h2-6,9,13H,7-8,10-11H2,1H3,(H,22,25)/t13-/m0/s1. The Hall–Kier alpha value is -3.04. The molecular weight excluding hydrogens is 367 g/mol. The van der Waals surface area contributed by atoms with Crippen LogP contribution in [0.15, 0.2) is 36.5 Å². The van der Waals surface area contributed by atoms with Gasteiger partial charge in [0.05, 0.1) is 30.7 Å². The molecule has 4 rings (SSSR count). The van der Waals surface area contributed by atoms with Crippen molar-refractivity contribution in [2.75, 3.05) is 31.7 Å². The summed E-state index contributed by atoms with van der Waals surface area (Å²) in [4.78, 5) is 16.0. The molecule has 9 heteroatoms. The van der Waals surface area contributed by atoms with Crippen molar-refractivity contribution in [3.05, 3.63) is 48.0 Å². The van der Waals surface area contributed by atoms with Gasteiger partial charge in [0.25, 0.3) is 5.91 Å². The van der Waals surface area contributed by atoms with E-state index >= 15 is 0 Å². The Morgan fingerprint density at radius 1 is 1.39 bits per heavy atom. The number of hydrogen-bond acceptors (Lipinski definition) is 6. The predicted octanol–water partition coefficient (Wildman–Crippen LogP) is 2.15. The summed E-state index contributed by atoms with van der Waals surface area (Å²) < 4.78 is 32.1. The smallest absolute Gasteiger partial charge is 0.277 e. The van der Waals surface area contributed by atoms with Gasteiger partial charge in [-0.1, -0.05) is 0 Å². The van der Waals surface area contributed by atoms with E-state index in [4.69, 9.17) is 14.2 Å². The number of hydrogen-bond donors (Lipinski definition) is 1. The van der Waals surface area contributed by atoms with E-state index in [0.29, 0.717) is 38.0 Å². The molecule has 1 atom stereocenters. The number of carbonyl (C=O) groups is 1. The van der Waals surface area contributed by atoms with Gasteiger partial charge in [-0.25, -0.2) is 9.37 Å². The summed E-state index contributed by atoms with van der Waals surface area (Å²) in [5.74, 6) is -0.822. The lowest BCUT2D eigenvalue weighted by atomic mass is 10.2. The van der Waals surface area contributed by atoms with E-state index < -0.39 is 11.7 Å². The maximum absolute atomic E-state index is 13.7. The molecular formula is C19H19FN4O4. The van der Waals surface area contributed by atoms with E-state index in [0.717, 1.165) is 10.9 Å². The predicted molar refractivity (Wildman–Crippen MR) is 98.9 cm³/mol. The monoisotopic (exact) mass is 386 g/mol. The van der Waals surface area contributed by atoms with Gasteiger partial charge in [0, 0.05) is 18.9 Å². The Labute approximate surface area is 160 Å². The molecule has 0 radical (unpaired) electrons. The average Bonchev–Trinajstić information content (AvgIpc) is 3.03. The van der Waals surface area contributed by atoms with Crippen molar-refractivity contribution in [1.82, 2.24) is 14.8 Å². The second-order valence-corrected chi connectivity index (χ2v) is 6.33. The molecule has 1 fully saturated rings. The zero-order chi connectivity index (χ0) is 19.5. The molecule has 28 heavy (non-hydrogen) atoms. The maximum Gasteiger partial charge on any atom is 0.277 e. The SMILES string of the molecule is Cn1nc(OC[C@@H]2COCCO2)c2ccc(NC(=O)c3ncccc3F)cc21. The van der Waals surface area contributed by atoms with Gasteiger partial charge in [-0.3, -0.25) is 9.48 Å². The molecule has 1 N–H and O–H groups in total. The Kier molecular flexibility index (Phi) is 5.18. The zero-order valence-electron chi connectivity index (χ0n) is 15.2. The number of pyridine rings is 1. The van der Waals surface area contributed by atoms with Crippen LogP contribution in [-0.4, -0.2) is 53.2 Å². The van der Waals surface area contributed by atoms with E-state index in [9.17, 15) is 9.18 Å². The quantitative estimate of drug-likeness (QED) is 0.723. The van der Waals surface area contributed by atoms with Crippen molar-refractivity contribution in [3.8, 4) is 5.88 Å². The number of nitrogens with one attached hydrogen (secondary N) is 1. The molecule has 3 heterocycles. The molecule has 0 bridgehead atoms. The normalized spacial score (nSPS) is 16.9. The third-order valence-corrected chi connectivity index (χ3v) is 4.34. The van der Waals surface area contributed by atoms with Crippen LogP contribution < -0.4 is 10.1 Å². The third kappa shape index (κ3) is 3.80. The number of ether oxygens (including phenoxy) is 3. The Morgan fingerprint density at radius 2 is 2.29 bits per heavy atom. The summed E-state index contributed by atoms with van der Waals surface area (Å²) in [5, 5.41) is 7.82. The molecule has 1 saturated heterocycles. The van der Waals surface area contributed by atoms with Crippen molar-refractivity contribution in [2.45, 2.75) is 6.10 Å². The number of aryl methyl sites for hydroxylation is 1. The lowest BCUT2D eigenvalue weighted by Crippen LogP contribution is -2.33. The maximum atomic E-state index is 13.7. The first-order valence-corrected chi connectivity index (χ1v) is 8.82. The molecule has 2 aromatic heterocycles. The fourth-order valence-electron chi connectivity index (χ4n) is 2.96. The van der Waals surface area contributed by atoms with Crippen LogP contribution in [0.5, 0.6) is 5.88 Å². The highest BCUT2D eigenvalue weighted by Gasteiger charge is 2.18. The molecule has 1 aliphatic heterocycles. The minimum absolute atomic E-state index is 0.127. The van der Waals surface area contributed by atoms with Gasteiger partial charge in [-0.15, -0.1) is 5.10 Å². The van der Waals surface area contributed by atoms with Gasteiger partial charge in [0.2, 0.25) is 5.88 Å². The van der Waals surface area contributed by atoms with Crippen molar-refractivity contribution in [2.24, 2.45) is 7.05 Å². The van der Waals surface area contributed by atoms with Crippen LogP contribution in [0.4, 0.5) is 10.1 Å². The van der Waals surface area contributed by atoms with Crippen LogP contribution in [0, 0.1) is 5.82 Å². The zero-order valence-corrected chi connectivity index (χ0v) is 15.2. The number of rotatable bonds is 5. The van der Waals surface area contributed by atoms with Gasteiger partial charge < -0.3 is 19.5 Å². The van der Waals surface area contributed by atoms with Crippen LogP contribution in [0.25, 0.3) is 10.9 Å². The molecule has 146 valence electrons. The molecule has 1 aromatic carbocycles. The van der Waals surface area contributed by atoms with E-state index in [1.54, 1.807) is 29.9 Å². The Morgan fingerprint density at radius 3 is 3.07 bits per heavy atom. The van der Waals surface area contributed by atoms with Crippen molar-refractivity contribution in [1.29, 1.82) is 0 Å². The molecule has 3 aromatic rings. The van der Waals surface area contributed by atoms with Gasteiger partial charge in [0.1, 0.15) is 12.7 Å². The summed E-state index contributed by atoms with van der Waals surface area (Å²) in [6.07, 6.45) is 1.24. The first-order chi connectivity index (χ1) is 13.6. The van der Waals surface area contributed by atoms with E-state index in [2.05, 4.69) is 15.4 Å². The number of benzene rings is 1. The summed E-state index contributed by atoms with van der Waals surface area (Å²) in [6.45, 7) is 1.98. The fourth-order valence-corrected chi connectivity index (χ4v) is 2.96. The molecule has 0 saturated carbocycles. The Balaban J connectivity index is 1.50.